The van der Waals surface area contributed by atoms with E-state index in [1.807, 2.05) is 0 Å². The average Bonchev–Trinajstić information content (AvgIpc) is 2.34. The number of carboxylic acids is 1. The number of rotatable bonds is 3. The number of nitrogens with one attached hydrogen (secondary N) is 1. The summed E-state index contributed by atoms with van der Waals surface area (Å²) in [5.41, 5.74) is 7.15. The molecule has 0 radical (unpaired) electrons. The van der Waals surface area contributed by atoms with E-state index in [4.69, 9.17) is 10.8 Å². The summed E-state index contributed by atoms with van der Waals surface area (Å²) in [4.78, 5) is 11.1. The van der Waals surface area contributed by atoms with Gasteiger partial charge in [0, 0.05) is 0 Å². The number of anilines is 3. The smallest absolute Gasteiger partial charge is 0.337 e. The highest BCUT2D eigenvalue weighted by molar-refractivity contribution is 5.98. The number of aryl methyl sites for hydroxylation is 1. The first-order chi connectivity index (χ1) is 8.99. The lowest BCUT2D eigenvalue weighted by Crippen LogP contribution is -2.06. The quantitative estimate of drug-likeness (QED) is 0.741. The van der Waals surface area contributed by atoms with Crippen LogP contribution in [0.25, 0.3) is 0 Å². The molecular weight excluding hydrogens is 247 g/mol. The lowest BCUT2D eigenvalue weighted by Gasteiger charge is -2.13. The van der Waals surface area contributed by atoms with Gasteiger partial charge in [0.05, 0.1) is 22.6 Å². The maximum absolute atomic E-state index is 13.7. The van der Waals surface area contributed by atoms with E-state index in [1.165, 1.54) is 18.2 Å². The number of nitrogens with two attached hydrogens (primary N) is 1. The Kier molecular flexibility index (Phi) is 3.37. The molecule has 0 atom stereocenters. The summed E-state index contributed by atoms with van der Waals surface area (Å²) in [6, 6.07) is 9.14. The fourth-order valence-corrected chi connectivity index (χ4v) is 1.74. The Morgan fingerprint density at radius 2 is 2.05 bits per heavy atom. The molecular formula is C14H13FN2O2. The standard InChI is InChI=1S/C14H13FN2O2/c1-8-5-6-12(10(15)7-8)17-13-9(14(18)19)3-2-4-11(13)16/h2-7,17H,16H2,1H3,(H,18,19). The Balaban J connectivity index is 2.46. The number of carboxylic acid groups (broad SMARTS) is 1. The Morgan fingerprint density at radius 3 is 2.68 bits per heavy atom. The van der Waals surface area contributed by atoms with Crippen molar-refractivity contribution in [2.45, 2.75) is 6.92 Å². The van der Waals surface area contributed by atoms with Gasteiger partial charge in [-0.05, 0) is 36.8 Å². The molecule has 0 amide bonds. The second kappa shape index (κ2) is 4.97. The maximum atomic E-state index is 13.7. The van der Waals surface area contributed by atoms with Crippen LogP contribution in [-0.4, -0.2) is 11.1 Å². The predicted octanol–water partition coefficient (Wildman–Crippen LogP) is 3.16. The molecule has 0 saturated heterocycles. The highest BCUT2D eigenvalue weighted by atomic mass is 19.1. The first-order valence-electron chi connectivity index (χ1n) is 5.64. The molecule has 98 valence electrons. The minimum atomic E-state index is -1.12. The SMILES string of the molecule is Cc1ccc(Nc2c(N)cccc2C(=O)O)c(F)c1. The fourth-order valence-electron chi connectivity index (χ4n) is 1.74. The minimum absolute atomic E-state index is 0.0000231. The van der Waals surface area contributed by atoms with Crippen LogP contribution in [0.15, 0.2) is 36.4 Å². The predicted molar refractivity (Wildman–Crippen MR) is 72.2 cm³/mol. The second-order valence-electron chi connectivity index (χ2n) is 4.18. The second-order valence-corrected chi connectivity index (χ2v) is 4.18. The summed E-state index contributed by atoms with van der Waals surface area (Å²) < 4.78 is 13.7. The zero-order valence-corrected chi connectivity index (χ0v) is 10.3. The van der Waals surface area contributed by atoms with E-state index in [2.05, 4.69) is 5.32 Å². The van der Waals surface area contributed by atoms with Crippen LogP contribution in [0.5, 0.6) is 0 Å². The van der Waals surface area contributed by atoms with Crippen LogP contribution in [0.3, 0.4) is 0 Å². The van der Waals surface area contributed by atoms with Gasteiger partial charge in [0.15, 0.2) is 0 Å². The van der Waals surface area contributed by atoms with Crippen molar-refractivity contribution in [3.63, 3.8) is 0 Å². The van der Waals surface area contributed by atoms with Crippen LogP contribution in [0.1, 0.15) is 15.9 Å². The van der Waals surface area contributed by atoms with Gasteiger partial charge in [-0.25, -0.2) is 9.18 Å². The topological polar surface area (TPSA) is 75.3 Å². The number of halogens is 1. The van der Waals surface area contributed by atoms with Crippen LogP contribution in [0.4, 0.5) is 21.5 Å². The largest absolute Gasteiger partial charge is 0.478 e. The molecule has 0 aliphatic heterocycles. The molecule has 2 aromatic carbocycles. The van der Waals surface area contributed by atoms with Gasteiger partial charge in [-0.15, -0.1) is 0 Å². The Hall–Kier alpha value is -2.56. The molecule has 2 aromatic rings. The van der Waals surface area contributed by atoms with Crippen molar-refractivity contribution < 1.29 is 14.3 Å². The third-order valence-corrected chi connectivity index (χ3v) is 2.71. The highest BCUT2D eigenvalue weighted by Crippen LogP contribution is 2.28. The number of hydrogen-bond acceptors (Lipinski definition) is 3. The number of nitrogen functional groups attached to an aromatic ring is 1. The Labute approximate surface area is 109 Å². The summed E-state index contributed by atoms with van der Waals surface area (Å²) in [6.45, 7) is 1.77. The Bertz CT molecular complexity index is 641. The van der Waals surface area contributed by atoms with Crippen LogP contribution < -0.4 is 11.1 Å². The molecule has 2 rings (SSSR count). The van der Waals surface area contributed by atoms with E-state index >= 15 is 0 Å². The lowest BCUT2D eigenvalue weighted by atomic mass is 10.1. The fraction of sp³-hybridized carbons (Fsp3) is 0.0714. The number of para-hydroxylation sites is 1. The molecule has 0 spiro atoms. The minimum Gasteiger partial charge on any atom is -0.478 e. The summed E-state index contributed by atoms with van der Waals surface area (Å²) in [5, 5.41) is 11.8. The first kappa shape index (κ1) is 12.9. The zero-order valence-electron chi connectivity index (χ0n) is 10.3. The van der Waals surface area contributed by atoms with Gasteiger partial charge >= 0.3 is 5.97 Å². The normalized spacial score (nSPS) is 10.2. The summed E-state index contributed by atoms with van der Waals surface area (Å²) in [7, 11) is 0. The summed E-state index contributed by atoms with van der Waals surface area (Å²) >= 11 is 0. The summed E-state index contributed by atoms with van der Waals surface area (Å²) in [5.74, 6) is -1.58. The van der Waals surface area contributed by atoms with E-state index in [0.29, 0.717) is 0 Å². The highest BCUT2D eigenvalue weighted by Gasteiger charge is 2.14. The molecule has 0 aliphatic carbocycles. The summed E-state index contributed by atoms with van der Waals surface area (Å²) in [6.07, 6.45) is 0. The van der Waals surface area contributed by atoms with Crippen molar-refractivity contribution in [3.8, 4) is 0 Å². The van der Waals surface area contributed by atoms with Crippen LogP contribution in [0, 0.1) is 12.7 Å². The van der Waals surface area contributed by atoms with Gasteiger partial charge in [-0.1, -0.05) is 12.1 Å². The number of aromatic carboxylic acids is 1. The number of hydrogen-bond donors (Lipinski definition) is 3. The van der Waals surface area contributed by atoms with Crippen LogP contribution in [-0.2, 0) is 0 Å². The van der Waals surface area contributed by atoms with E-state index in [0.717, 1.165) is 5.56 Å². The first-order valence-corrected chi connectivity index (χ1v) is 5.64. The monoisotopic (exact) mass is 260 g/mol. The molecule has 5 heteroatoms. The third kappa shape index (κ3) is 2.65. The molecule has 0 aromatic heterocycles. The maximum Gasteiger partial charge on any atom is 0.337 e. The molecule has 0 aliphatic rings. The molecule has 19 heavy (non-hydrogen) atoms. The van der Waals surface area contributed by atoms with Gasteiger partial charge in [0.2, 0.25) is 0 Å². The van der Waals surface area contributed by atoms with Crippen LogP contribution in [0.2, 0.25) is 0 Å². The van der Waals surface area contributed by atoms with E-state index in [1.54, 1.807) is 25.1 Å². The number of carbonyl (C=O) groups is 1. The molecule has 0 fully saturated rings. The Morgan fingerprint density at radius 1 is 1.32 bits per heavy atom. The molecule has 4 N–H and O–H groups in total. The van der Waals surface area contributed by atoms with E-state index in [-0.39, 0.29) is 22.6 Å². The van der Waals surface area contributed by atoms with Gasteiger partial charge in [0.1, 0.15) is 5.82 Å². The van der Waals surface area contributed by atoms with Gasteiger partial charge in [-0.2, -0.15) is 0 Å². The van der Waals surface area contributed by atoms with Gasteiger partial charge < -0.3 is 16.2 Å². The van der Waals surface area contributed by atoms with E-state index in [9.17, 15) is 9.18 Å². The zero-order chi connectivity index (χ0) is 14.0. The van der Waals surface area contributed by atoms with Crippen molar-refractivity contribution >= 4 is 23.0 Å². The third-order valence-electron chi connectivity index (χ3n) is 2.71. The number of benzene rings is 2. The lowest BCUT2D eigenvalue weighted by molar-refractivity contribution is 0.0698. The van der Waals surface area contributed by atoms with Crippen molar-refractivity contribution in [1.82, 2.24) is 0 Å². The van der Waals surface area contributed by atoms with E-state index < -0.39 is 11.8 Å². The van der Waals surface area contributed by atoms with Crippen molar-refractivity contribution in [3.05, 3.63) is 53.3 Å². The average molecular weight is 260 g/mol. The molecule has 0 saturated carbocycles. The molecule has 0 unspecified atom stereocenters. The van der Waals surface area contributed by atoms with Crippen molar-refractivity contribution in [2.24, 2.45) is 0 Å². The van der Waals surface area contributed by atoms with Gasteiger partial charge in [-0.3, -0.25) is 0 Å². The van der Waals surface area contributed by atoms with Crippen molar-refractivity contribution in [2.75, 3.05) is 11.1 Å². The van der Waals surface area contributed by atoms with Crippen LogP contribution >= 0.6 is 0 Å². The van der Waals surface area contributed by atoms with Crippen molar-refractivity contribution in [1.29, 1.82) is 0 Å². The molecule has 4 nitrogen and oxygen atoms in total. The molecule has 0 heterocycles. The van der Waals surface area contributed by atoms with Gasteiger partial charge in [0.25, 0.3) is 0 Å². The molecule has 0 bridgehead atoms.